The van der Waals surface area contributed by atoms with Gasteiger partial charge >= 0.3 is 0 Å². The lowest BCUT2D eigenvalue weighted by molar-refractivity contribution is 1.08. The van der Waals surface area contributed by atoms with Gasteiger partial charge in [-0.05, 0) is 11.6 Å². The molecule has 3 rings (SSSR count). The summed E-state index contributed by atoms with van der Waals surface area (Å²) in [7, 11) is 0. The zero-order valence-corrected chi connectivity index (χ0v) is 9.24. The molecule has 3 nitrogen and oxygen atoms in total. The van der Waals surface area contributed by atoms with E-state index in [1.165, 1.54) is 5.56 Å². The topological polar surface area (TPSA) is 38.7 Å². The molecule has 0 aliphatic heterocycles. The van der Waals surface area contributed by atoms with Gasteiger partial charge in [-0.1, -0.05) is 30.3 Å². The first-order chi connectivity index (χ1) is 8.42. The summed E-state index contributed by atoms with van der Waals surface area (Å²) in [5.41, 5.74) is 3.19. The Morgan fingerprint density at radius 1 is 0.941 bits per heavy atom. The summed E-state index contributed by atoms with van der Waals surface area (Å²) in [5.74, 6) is 0. The van der Waals surface area contributed by atoms with Crippen LogP contribution in [-0.4, -0.2) is 15.0 Å². The Balaban J connectivity index is 1.96. The molecule has 3 aromatic rings. The van der Waals surface area contributed by atoms with Crippen LogP contribution in [0.4, 0.5) is 0 Å². The molecular formula is C14H11N3. The third-order valence-electron chi connectivity index (χ3n) is 2.68. The number of rotatable bonds is 2. The van der Waals surface area contributed by atoms with Gasteiger partial charge in [-0.25, -0.2) is 9.97 Å². The van der Waals surface area contributed by atoms with Gasteiger partial charge in [-0.3, -0.25) is 4.98 Å². The summed E-state index contributed by atoms with van der Waals surface area (Å²) in [4.78, 5) is 12.6. The number of fused-ring (bicyclic) bond motifs is 1. The minimum atomic E-state index is 0.839. The molecule has 0 atom stereocenters. The van der Waals surface area contributed by atoms with E-state index < -0.39 is 0 Å². The van der Waals surface area contributed by atoms with Gasteiger partial charge in [0, 0.05) is 23.7 Å². The van der Waals surface area contributed by atoms with Crippen molar-refractivity contribution in [3.63, 3.8) is 0 Å². The second-order valence-electron chi connectivity index (χ2n) is 3.92. The molecule has 0 N–H and O–H groups in total. The highest BCUT2D eigenvalue weighted by Crippen LogP contribution is 2.12. The van der Waals surface area contributed by atoms with Crippen LogP contribution in [-0.2, 0) is 6.42 Å². The Morgan fingerprint density at radius 3 is 2.71 bits per heavy atom. The molecule has 0 aliphatic carbocycles. The predicted molar refractivity (Wildman–Crippen MR) is 66.6 cm³/mol. The molecule has 3 heteroatoms. The standard InChI is InChI=1S/C14H11N3/c1-2-4-11(5-3-1)6-13-7-12-8-15-10-17-14(12)9-16-13/h1-5,7-10H,6H2. The minimum Gasteiger partial charge on any atom is -0.259 e. The van der Waals surface area contributed by atoms with E-state index in [-0.39, 0.29) is 0 Å². The van der Waals surface area contributed by atoms with Crippen molar-refractivity contribution in [1.29, 1.82) is 0 Å². The molecule has 1 aromatic carbocycles. The molecule has 0 fully saturated rings. The summed E-state index contributed by atoms with van der Waals surface area (Å²) in [6.45, 7) is 0. The molecule has 82 valence electrons. The Labute approximate surface area is 99.2 Å². The molecule has 0 saturated carbocycles. The highest BCUT2D eigenvalue weighted by atomic mass is 14.8. The van der Waals surface area contributed by atoms with Gasteiger partial charge in [0.05, 0.1) is 11.7 Å². The van der Waals surface area contributed by atoms with E-state index in [9.17, 15) is 0 Å². The Bertz CT molecular complexity index is 635. The lowest BCUT2D eigenvalue weighted by Crippen LogP contribution is -1.93. The van der Waals surface area contributed by atoms with Crippen LogP contribution in [0.25, 0.3) is 10.9 Å². The molecule has 2 heterocycles. The fourth-order valence-corrected chi connectivity index (χ4v) is 1.83. The van der Waals surface area contributed by atoms with E-state index in [1.54, 1.807) is 12.5 Å². The van der Waals surface area contributed by atoms with Crippen LogP contribution >= 0.6 is 0 Å². The van der Waals surface area contributed by atoms with Crippen molar-refractivity contribution >= 4 is 10.9 Å². The van der Waals surface area contributed by atoms with E-state index in [0.29, 0.717) is 0 Å². The number of pyridine rings is 1. The van der Waals surface area contributed by atoms with Crippen molar-refractivity contribution in [3.8, 4) is 0 Å². The molecule has 2 aromatic heterocycles. The molecule has 0 radical (unpaired) electrons. The monoisotopic (exact) mass is 221 g/mol. The van der Waals surface area contributed by atoms with Gasteiger partial charge < -0.3 is 0 Å². The Kier molecular flexibility index (Phi) is 2.50. The summed E-state index contributed by atoms with van der Waals surface area (Å²) in [5, 5.41) is 1.04. The number of hydrogen-bond acceptors (Lipinski definition) is 3. The lowest BCUT2D eigenvalue weighted by Gasteiger charge is -2.02. The van der Waals surface area contributed by atoms with Gasteiger partial charge in [-0.2, -0.15) is 0 Å². The molecular weight excluding hydrogens is 210 g/mol. The number of nitrogens with zero attached hydrogens (tertiary/aromatic N) is 3. The third-order valence-corrected chi connectivity index (χ3v) is 2.68. The van der Waals surface area contributed by atoms with Crippen LogP contribution < -0.4 is 0 Å². The smallest absolute Gasteiger partial charge is 0.116 e. The van der Waals surface area contributed by atoms with Crippen LogP contribution in [0.5, 0.6) is 0 Å². The molecule has 0 bridgehead atoms. The largest absolute Gasteiger partial charge is 0.259 e. The molecule has 0 unspecified atom stereocenters. The van der Waals surface area contributed by atoms with Crippen LogP contribution in [0.2, 0.25) is 0 Å². The van der Waals surface area contributed by atoms with Gasteiger partial charge in [0.1, 0.15) is 6.33 Å². The zero-order valence-electron chi connectivity index (χ0n) is 9.24. The second kappa shape index (κ2) is 4.29. The Morgan fingerprint density at radius 2 is 1.82 bits per heavy atom. The second-order valence-corrected chi connectivity index (χ2v) is 3.92. The number of benzene rings is 1. The average Bonchev–Trinajstić information content (AvgIpc) is 2.40. The quantitative estimate of drug-likeness (QED) is 0.667. The van der Waals surface area contributed by atoms with Gasteiger partial charge in [0.2, 0.25) is 0 Å². The maximum atomic E-state index is 4.41. The minimum absolute atomic E-state index is 0.839. The summed E-state index contributed by atoms with van der Waals surface area (Å²) < 4.78 is 0. The van der Waals surface area contributed by atoms with Crippen molar-refractivity contribution in [1.82, 2.24) is 15.0 Å². The van der Waals surface area contributed by atoms with Gasteiger partial charge in [0.15, 0.2) is 0 Å². The molecule has 0 saturated heterocycles. The first kappa shape index (κ1) is 9.90. The normalized spacial score (nSPS) is 10.6. The summed E-state index contributed by atoms with van der Waals surface area (Å²) in [6.07, 6.45) is 6.00. The van der Waals surface area contributed by atoms with Crippen molar-refractivity contribution in [2.75, 3.05) is 0 Å². The van der Waals surface area contributed by atoms with Crippen LogP contribution in [0.15, 0.2) is 55.1 Å². The van der Waals surface area contributed by atoms with E-state index in [4.69, 9.17) is 0 Å². The van der Waals surface area contributed by atoms with Gasteiger partial charge in [0.25, 0.3) is 0 Å². The van der Waals surface area contributed by atoms with Crippen LogP contribution in [0.3, 0.4) is 0 Å². The van der Waals surface area contributed by atoms with E-state index in [2.05, 4.69) is 27.1 Å². The first-order valence-corrected chi connectivity index (χ1v) is 5.50. The first-order valence-electron chi connectivity index (χ1n) is 5.50. The van der Waals surface area contributed by atoms with E-state index in [1.807, 2.05) is 30.5 Å². The highest BCUT2D eigenvalue weighted by Gasteiger charge is 2.00. The Hall–Kier alpha value is -2.29. The third kappa shape index (κ3) is 2.13. The molecule has 0 spiro atoms. The van der Waals surface area contributed by atoms with Crippen molar-refractivity contribution in [3.05, 3.63) is 66.4 Å². The van der Waals surface area contributed by atoms with Gasteiger partial charge in [-0.15, -0.1) is 0 Å². The number of aromatic nitrogens is 3. The SMILES string of the molecule is c1ccc(Cc2cc3cncnc3cn2)cc1. The average molecular weight is 221 g/mol. The van der Waals surface area contributed by atoms with Crippen LogP contribution in [0, 0.1) is 0 Å². The molecule has 0 amide bonds. The van der Waals surface area contributed by atoms with E-state index >= 15 is 0 Å². The summed E-state index contributed by atoms with van der Waals surface area (Å²) in [6, 6.07) is 12.4. The van der Waals surface area contributed by atoms with Crippen molar-refractivity contribution < 1.29 is 0 Å². The maximum Gasteiger partial charge on any atom is 0.116 e. The van der Waals surface area contributed by atoms with Crippen LogP contribution in [0.1, 0.15) is 11.3 Å². The van der Waals surface area contributed by atoms with Crippen molar-refractivity contribution in [2.45, 2.75) is 6.42 Å². The molecule has 0 aliphatic rings. The number of hydrogen-bond donors (Lipinski definition) is 0. The fraction of sp³-hybridized carbons (Fsp3) is 0.0714. The highest BCUT2D eigenvalue weighted by molar-refractivity contribution is 5.76. The zero-order chi connectivity index (χ0) is 11.5. The fourth-order valence-electron chi connectivity index (χ4n) is 1.83. The predicted octanol–water partition coefficient (Wildman–Crippen LogP) is 2.62. The maximum absolute atomic E-state index is 4.41. The molecule has 17 heavy (non-hydrogen) atoms. The summed E-state index contributed by atoms with van der Waals surface area (Å²) >= 11 is 0. The van der Waals surface area contributed by atoms with Crippen molar-refractivity contribution in [2.24, 2.45) is 0 Å². The lowest BCUT2D eigenvalue weighted by atomic mass is 10.1. The van der Waals surface area contributed by atoms with E-state index in [0.717, 1.165) is 23.0 Å².